The number of carbonyl (C=O) groups excluding carboxylic acids is 1. The zero-order chi connectivity index (χ0) is 15.4. The third kappa shape index (κ3) is 3.87. The van der Waals surface area contributed by atoms with Gasteiger partial charge in [0.25, 0.3) is 0 Å². The Morgan fingerprint density at radius 1 is 1.36 bits per heavy atom. The van der Waals surface area contributed by atoms with Crippen molar-refractivity contribution in [2.24, 2.45) is 5.92 Å². The maximum Gasteiger partial charge on any atom is 0.220 e. The Labute approximate surface area is 135 Å². The van der Waals surface area contributed by atoms with E-state index in [0.29, 0.717) is 18.8 Å². The smallest absolute Gasteiger partial charge is 0.220 e. The first-order valence-electron chi connectivity index (χ1n) is 8.13. The van der Waals surface area contributed by atoms with Crippen molar-refractivity contribution in [1.29, 1.82) is 0 Å². The van der Waals surface area contributed by atoms with E-state index >= 15 is 0 Å². The SMILES string of the molecule is O=C(CCCc1csc2ccccc12)NC(CCO)C1CC1. The Morgan fingerprint density at radius 3 is 2.95 bits per heavy atom. The number of aliphatic hydroxyl groups is 1. The van der Waals surface area contributed by atoms with E-state index in [0.717, 1.165) is 12.8 Å². The van der Waals surface area contributed by atoms with Crippen molar-refractivity contribution in [3.8, 4) is 0 Å². The predicted molar refractivity (Wildman–Crippen MR) is 91.1 cm³/mol. The fourth-order valence-electron chi connectivity index (χ4n) is 3.01. The fraction of sp³-hybridized carbons (Fsp3) is 0.500. The number of amides is 1. The summed E-state index contributed by atoms with van der Waals surface area (Å²) in [6.07, 6.45) is 5.46. The number of fused-ring (bicyclic) bond motifs is 1. The van der Waals surface area contributed by atoms with E-state index < -0.39 is 0 Å². The molecule has 1 atom stereocenters. The molecule has 2 aromatic rings. The molecule has 1 amide bonds. The molecule has 0 radical (unpaired) electrons. The molecule has 1 unspecified atom stereocenters. The van der Waals surface area contributed by atoms with Crippen LogP contribution in [0.25, 0.3) is 10.1 Å². The lowest BCUT2D eigenvalue weighted by Gasteiger charge is -2.17. The molecule has 1 aliphatic carbocycles. The first kappa shape index (κ1) is 15.5. The molecule has 22 heavy (non-hydrogen) atoms. The summed E-state index contributed by atoms with van der Waals surface area (Å²) < 4.78 is 1.32. The molecule has 1 aromatic heterocycles. The molecule has 0 aliphatic heterocycles. The van der Waals surface area contributed by atoms with Crippen LogP contribution in [-0.2, 0) is 11.2 Å². The Morgan fingerprint density at radius 2 is 2.18 bits per heavy atom. The van der Waals surface area contributed by atoms with Gasteiger partial charge in [0.1, 0.15) is 0 Å². The van der Waals surface area contributed by atoms with Gasteiger partial charge in [-0.2, -0.15) is 0 Å². The first-order chi connectivity index (χ1) is 10.8. The van der Waals surface area contributed by atoms with Crippen LogP contribution in [0.1, 0.15) is 37.7 Å². The van der Waals surface area contributed by atoms with Gasteiger partial charge in [0.05, 0.1) is 0 Å². The number of nitrogens with one attached hydrogen (secondary N) is 1. The van der Waals surface area contributed by atoms with Gasteiger partial charge in [-0.25, -0.2) is 0 Å². The second-order valence-electron chi connectivity index (χ2n) is 6.13. The molecule has 0 saturated heterocycles. The van der Waals surface area contributed by atoms with E-state index in [4.69, 9.17) is 5.11 Å². The van der Waals surface area contributed by atoms with E-state index in [-0.39, 0.29) is 18.6 Å². The molecule has 3 nitrogen and oxygen atoms in total. The van der Waals surface area contributed by atoms with Crippen LogP contribution in [0.2, 0.25) is 0 Å². The van der Waals surface area contributed by atoms with Gasteiger partial charge in [0.15, 0.2) is 0 Å². The van der Waals surface area contributed by atoms with Crippen LogP contribution in [0.5, 0.6) is 0 Å². The van der Waals surface area contributed by atoms with Crippen LogP contribution in [0.15, 0.2) is 29.6 Å². The molecule has 1 fully saturated rings. The minimum absolute atomic E-state index is 0.130. The monoisotopic (exact) mass is 317 g/mol. The van der Waals surface area contributed by atoms with E-state index in [1.165, 1.54) is 28.5 Å². The summed E-state index contributed by atoms with van der Waals surface area (Å²) in [5.41, 5.74) is 1.35. The maximum absolute atomic E-state index is 12.1. The summed E-state index contributed by atoms with van der Waals surface area (Å²) in [5, 5.41) is 15.7. The molecule has 1 saturated carbocycles. The molecule has 1 aliphatic rings. The maximum atomic E-state index is 12.1. The van der Waals surface area contributed by atoms with Crippen LogP contribution in [0.3, 0.4) is 0 Å². The lowest BCUT2D eigenvalue weighted by Crippen LogP contribution is -2.37. The Bertz CT molecular complexity index is 633. The molecular weight excluding hydrogens is 294 g/mol. The van der Waals surface area contributed by atoms with Crippen molar-refractivity contribution in [3.05, 3.63) is 35.2 Å². The molecule has 3 rings (SSSR count). The fourth-order valence-corrected chi connectivity index (χ4v) is 4.01. The molecule has 118 valence electrons. The zero-order valence-electron chi connectivity index (χ0n) is 12.8. The molecule has 0 spiro atoms. The number of carbonyl (C=O) groups is 1. The first-order valence-corrected chi connectivity index (χ1v) is 9.01. The molecule has 0 bridgehead atoms. The van der Waals surface area contributed by atoms with Crippen molar-refractivity contribution < 1.29 is 9.90 Å². The van der Waals surface area contributed by atoms with Crippen molar-refractivity contribution in [2.75, 3.05) is 6.61 Å². The quantitative estimate of drug-likeness (QED) is 0.783. The van der Waals surface area contributed by atoms with Gasteiger partial charge < -0.3 is 10.4 Å². The van der Waals surface area contributed by atoms with Gasteiger partial charge in [-0.05, 0) is 60.4 Å². The second-order valence-corrected chi connectivity index (χ2v) is 7.05. The van der Waals surface area contributed by atoms with Crippen LogP contribution in [-0.4, -0.2) is 23.7 Å². The summed E-state index contributed by atoms with van der Waals surface area (Å²) >= 11 is 1.77. The zero-order valence-corrected chi connectivity index (χ0v) is 13.6. The average Bonchev–Trinajstić information content (AvgIpc) is 3.29. The highest BCUT2D eigenvalue weighted by Crippen LogP contribution is 2.34. The third-order valence-corrected chi connectivity index (χ3v) is 5.40. The van der Waals surface area contributed by atoms with E-state index in [1.54, 1.807) is 11.3 Å². The van der Waals surface area contributed by atoms with Gasteiger partial charge in [0.2, 0.25) is 5.91 Å². The Hall–Kier alpha value is -1.39. The van der Waals surface area contributed by atoms with Gasteiger partial charge in [0, 0.05) is 23.8 Å². The van der Waals surface area contributed by atoms with Gasteiger partial charge in [-0.3, -0.25) is 4.79 Å². The van der Waals surface area contributed by atoms with Crippen LogP contribution >= 0.6 is 11.3 Å². The van der Waals surface area contributed by atoms with Gasteiger partial charge >= 0.3 is 0 Å². The Kier molecular flexibility index (Phi) is 5.11. The van der Waals surface area contributed by atoms with Crippen molar-refractivity contribution in [3.63, 3.8) is 0 Å². The number of rotatable bonds is 8. The predicted octanol–water partition coefficient (Wildman–Crippen LogP) is 3.50. The summed E-state index contributed by atoms with van der Waals surface area (Å²) in [5.74, 6) is 0.724. The highest BCUT2D eigenvalue weighted by Gasteiger charge is 2.31. The average molecular weight is 317 g/mol. The summed E-state index contributed by atoms with van der Waals surface area (Å²) in [6, 6.07) is 8.62. The lowest BCUT2D eigenvalue weighted by atomic mass is 10.1. The molecule has 1 heterocycles. The highest BCUT2D eigenvalue weighted by molar-refractivity contribution is 7.17. The lowest BCUT2D eigenvalue weighted by molar-refractivity contribution is -0.122. The number of benzene rings is 1. The van der Waals surface area contributed by atoms with Crippen LogP contribution in [0.4, 0.5) is 0 Å². The summed E-state index contributed by atoms with van der Waals surface area (Å²) in [4.78, 5) is 12.1. The standard InChI is InChI=1S/C18H23NO2S/c20-11-10-16(13-8-9-13)19-18(21)7-3-4-14-12-22-17-6-2-1-5-15(14)17/h1-2,5-6,12-13,16,20H,3-4,7-11H2,(H,19,21). The van der Waals surface area contributed by atoms with E-state index in [9.17, 15) is 4.79 Å². The summed E-state index contributed by atoms with van der Waals surface area (Å²) in [7, 11) is 0. The highest BCUT2D eigenvalue weighted by atomic mass is 32.1. The number of thiophene rings is 1. The number of hydrogen-bond acceptors (Lipinski definition) is 3. The summed E-state index contributed by atoms with van der Waals surface area (Å²) in [6.45, 7) is 0.155. The molecule has 4 heteroatoms. The van der Waals surface area contributed by atoms with E-state index in [2.05, 4.69) is 35.0 Å². The minimum Gasteiger partial charge on any atom is -0.396 e. The molecular formula is C18H23NO2S. The van der Waals surface area contributed by atoms with Crippen LogP contribution in [0, 0.1) is 5.92 Å². The molecule has 2 N–H and O–H groups in total. The number of aryl methyl sites for hydroxylation is 1. The van der Waals surface area contributed by atoms with Gasteiger partial charge in [-0.15, -0.1) is 11.3 Å². The second kappa shape index (κ2) is 7.25. The minimum atomic E-state index is 0.130. The largest absolute Gasteiger partial charge is 0.396 e. The van der Waals surface area contributed by atoms with Gasteiger partial charge in [-0.1, -0.05) is 18.2 Å². The number of hydrogen-bond donors (Lipinski definition) is 2. The van der Waals surface area contributed by atoms with E-state index in [1.807, 2.05) is 0 Å². The van der Waals surface area contributed by atoms with Crippen LogP contribution < -0.4 is 5.32 Å². The normalized spacial score (nSPS) is 15.9. The number of aliphatic hydroxyl groups excluding tert-OH is 1. The Balaban J connectivity index is 1.47. The van der Waals surface area contributed by atoms with Crippen molar-refractivity contribution >= 4 is 27.3 Å². The third-order valence-electron chi connectivity index (χ3n) is 4.39. The van der Waals surface area contributed by atoms with Crippen molar-refractivity contribution in [1.82, 2.24) is 5.32 Å². The molecule has 1 aromatic carbocycles. The van der Waals surface area contributed by atoms with Crippen molar-refractivity contribution in [2.45, 2.75) is 44.6 Å². The topological polar surface area (TPSA) is 49.3 Å².